The highest BCUT2D eigenvalue weighted by Crippen LogP contribution is 2.20. The van der Waals surface area contributed by atoms with Crippen molar-refractivity contribution >= 4 is 53.3 Å². The molecule has 0 aromatic heterocycles. The molecule has 22 heteroatoms. The van der Waals surface area contributed by atoms with Crippen LogP contribution in [-0.2, 0) is 38.4 Å². The first-order valence-electron chi connectivity index (χ1n) is 18.5. The largest absolute Gasteiger partial charge is 0.481 e. The van der Waals surface area contributed by atoms with Crippen molar-refractivity contribution in [3.8, 4) is 0 Å². The van der Waals surface area contributed by atoms with Crippen LogP contribution in [0.5, 0.6) is 0 Å². The summed E-state index contributed by atoms with van der Waals surface area (Å²) < 4.78 is 0. The van der Waals surface area contributed by atoms with E-state index in [1.807, 2.05) is 0 Å². The Morgan fingerprint density at radius 2 is 1.39 bits per heavy atom. The van der Waals surface area contributed by atoms with E-state index in [0.717, 1.165) is 4.90 Å². The Morgan fingerprint density at radius 1 is 0.804 bits per heavy atom. The molecule has 15 N–H and O–H groups in total. The number of guanidine groups is 1. The third kappa shape index (κ3) is 15.6. The van der Waals surface area contributed by atoms with Gasteiger partial charge in [-0.15, -0.1) is 0 Å². The molecule has 0 saturated carbocycles. The molecule has 0 aromatic carbocycles. The van der Waals surface area contributed by atoms with Crippen molar-refractivity contribution in [2.45, 2.75) is 128 Å². The summed E-state index contributed by atoms with van der Waals surface area (Å²) in [5.74, 6) is -8.85. The van der Waals surface area contributed by atoms with Gasteiger partial charge in [-0.3, -0.25) is 38.6 Å². The Labute approximate surface area is 325 Å². The van der Waals surface area contributed by atoms with E-state index in [-0.39, 0.29) is 51.2 Å². The highest BCUT2D eigenvalue weighted by Gasteiger charge is 2.41. The van der Waals surface area contributed by atoms with Crippen molar-refractivity contribution in [1.82, 2.24) is 31.5 Å². The van der Waals surface area contributed by atoms with Gasteiger partial charge in [0.05, 0.1) is 18.8 Å². The topological polar surface area (TPSA) is 371 Å². The number of aliphatic hydroxyl groups is 2. The van der Waals surface area contributed by atoms with Crippen LogP contribution in [0.4, 0.5) is 0 Å². The Kier molecular flexibility index (Phi) is 20.7. The summed E-state index contributed by atoms with van der Waals surface area (Å²) in [6.45, 7) is 6.95. The van der Waals surface area contributed by atoms with E-state index in [9.17, 15) is 53.7 Å². The molecule has 1 saturated heterocycles. The van der Waals surface area contributed by atoms with Gasteiger partial charge in [0.15, 0.2) is 5.96 Å². The summed E-state index contributed by atoms with van der Waals surface area (Å²) >= 11 is 0. The lowest BCUT2D eigenvalue weighted by atomic mass is 9.96. The fourth-order valence-corrected chi connectivity index (χ4v) is 5.76. The third-order valence-electron chi connectivity index (χ3n) is 9.31. The second kappa shape index (κ2) is 23.7. The lowest BCUT2D eigenvalue weighted by Crippen LogP contribution is -2.62. The molecule has 1 aliphatic heterocycles. The van der Waals surface area contributed by atoms with Gasteiger partial charge in [0.25, 0.3) is 0 Å². The molecule has 1 rings (SSSR count). The van der Waals surface area contributed by atoms with Crippen LogP contribution in [0.2, 0.25) is 0 Å². The number of nitrogens with zero attached hydrogens (tertiary/aromatic N) is 2. The minimum Gasteiger partial charge on any atom is -0.481 e. The monoisotopic (exact) mass is 800 g/mol. The predicted molar refractivity (Wildman–Crippen MR) is 200 cm³/mol. The summed E-state index contributed by atoms with van der Waals surface area (Å²) in [5.41, 5.74) is 16.7. The van der Waals surface area contributed by atoms with Crippen LogP contribution < -0.4 is 43.8 Å². The van der Waals surface area contributed by atoms with Crippen LogP contribution in [0.1, 0.15) is 79.6 Å². The number of rotatable bonds is 24. The first kappa shape index (κ1) is 48.9. The predicted octanol–water partition coefficient (Wildman–Crippen LogP) is -4.19. The normalized spacial score (nSPS) is 18.2. The molecule has 56 heavy (non-hydrogen) atoms. The molecule has 0 radical (unpaired) electrons. The van der Waals surface area contributed by atoms with Gasteiger partial charge in [0, 0.05) is 19.5 Å². The number of amides is 6. The Bertz CT molecular complexity index is 1420. The first-order valence-corrected chi connectivity index (χ1v) is 18.5. The van der Waals surface area contributed by atoms with Crippen molar-refractivity contribution < 1.29 is 58.8 Å². The summed E-state index contributed by atoms with van der Waals surface area (Å²) in [6.07, 6.45) is -1.18. The molecule has 1 aliphatic rings. The molecule has 0 spiro atoms. The summed E-state index contributed by atoms with van der Waals surface area (Å²) in [7, 11) is 0. The number of aliphatic imine (C=N–C) groups is 1. The molecule has 6 amide bonds. The van der Waals surface area contributed by atoms with Crippen molar-refractivity contribution in [1.29, 1.82) is 0 Å². The van der Waals surface area contributed by atoms with E-state index in [2.05, 4.69) is 31.6 Å². The minimum absolute atomic E-state index is 0.0179. The van der Waals surface area contributed by atoms with E-state index in [0.29, 0.717) is 12.8 Å². The second-order valence-electron chi connectivity index (χ2n) is 14.1. The van der Waals surface area contributed by atoms with Crippen LogP contribution in [0, 0.1) is 11.8 Å². The quantitative estimate of drug-likeness (QED) is 0.0250. The van der Waals surface area contributed by atoms with Gasteiger partial charge in [-0.2, -0.15) is 0 Å². The van der Waals surface area contributed by atoms with Gasteiger partial charge < -0.3 is 69.1 Å². The van der Waals surface area contributed by atoms with Gasteiger partial charge in [-0.25, -0.2) is 4.79 Å². The average molecular weight is 801 g/mol. The molecule has 22 nitrogen and oxygen atoms in total. The molecule has 0 unspecified atom stereocenters. The van der Waals surface area contributed by atoms with Crippen molar-refractivity contribution in [3.63, 3.8) is 0 Å². The van der Waals surface area contributed by atoms with E-state index < -0.39 is 114 Å². The first-order chi connectivity index (χ1) is 26.2. The van der Waals surface area contributed by atoms with E-state index in [4.69, 9.17) is 22.3 Å². The van der Waals surface area contributed by atoms with Crippen LogP contribution >= 0.6 is 0 Å². The molecule has 0 bridgehead atoms. The highest BCUT2D eigenvalue weighted by atomic mass is 16.4. The van der Waals surface area contributed by atoms with Crippen molar-refractivity contribution in [3.05, 3.63) is 0 Å². The average Bonchev–Trinajstić information content (AvgIpc) is 3.63. The molecule has 318 valence electrons. The number of hydrogen-bond acceptors (Lipinski definition) is 12. The zero-order chi connectivity index (χ0) is 42.9. The number of hydrogen-bond donors (Lipinski definition) is 12. The molecule has 0 aromatic rings. The number of carbonyl (C=O) groups is 8. The Balaban J connectivity index is 3.27. The number of nitrogens with one attached hydrogen (secondary N) is 5. The molecule has 1 fully saturated rings. The fourth-order valence-electron chi connectivity index (χ4n) is 5.76. The SMILES string of the molecule is CC[C@H](C)[C@H](NC(=O)[C@@H](N)CCC(=O)O)C(=O)N[C@@H](CCCN=C(N)N)C(=O)N[C@H](C(=O)N1CCC[C@H]1C(=O)N[C@@H](CO)C(=O)N[C@H](C(=O)O)C(C)C)[C@@H](C)O. The molecular weight excluding hydrogens is 740 g/mol. The standard InChI is InChI=1S/C34H60N10O12/c1-6-17(4)25(42-27(49)19(35)11-12-23(47)48)31(53)39-20(9-7-13-38-34(36)37)28(50)43-26(18(5)46)32(54)44-14-8-10-22(44)30(52)40-21(15-45)29(51)41-24(16(2)3)33(55)56/h16-22,24-26,45-46H,6-15,35H2,1-5H3,(H,39,53)(H,40,52)(H,41,51)(H,42,49)(H,43,50)(H,47,48)(H,55,56)(H4,36,37,38)/t17-,18+,19-,20-,21-,22-,24-,25-,26-/m0/s1. The maximum Gasteiger partial charge on any atom is 0.326 e. The van der Waals surface area contributed by atoms with Crippen LogP contribution in [0.3, 0.4) is 0 Å². The van der Waals surface area contributed by atoms with E-state index in [1.54, 1.807) is 27.7 Å². The van der Waals surface area contributed by atoms with Crippen molar-refractivity contribution in [2.24, 2.45) is 34.0 Å². The van der Waals surface area contributed by atoms with Gasteiger partial charge in [0.2, 0.25) is 35.4 Å². The highest BCUT2D eigenvalue weighted by molar-refractivity contribution is 5.97. The summed E-state index contributed by atoms with van der Waals surface area (Å²) in [4.78, 5) is 108. The lowest BCUT2D eigenvalue weighted by molar-refractivity contribution is -0.145. The molecular formula is C34H60N10O12. The smallest absolute Gasteiger partial charge is 0.326 e. The molecule has 1 heterocycles. The van der Waals surface area contributed by atoms with Gasteiger partial charge >= 0.3 is 11.9 Å². The van der Waals surface area contributed by atoms with Crippen LogP contribution in [0.25, 0.3) is 0 Å². The maximum atomic E-state index is 13.9. The van der Waals surface area contributed by atoms with Gasteiger partial charge in [-0.05, 0) is 50.9 Å². The second-order valence-corrected chi connectivity index (χ2v) is 14.1. The Morgan fingerprint density at radius 3 is 1.91 bits per heavy atom. The summed E-state index contributed by atoms with van der Waals surface area (Å²) in [5, 5.41) is 51.1. The molecule has 0 aliphatic carbocycles. The number of carboxylic acid groups (broad SMARTS) is 2. The van der Waals surface area contributed by atoms with E-state index >= 15 is 0 Å². The zero-order valence-electron chi connectivity index (χ0n) is 32.5. The third-order valence-corrected chi connectivity index (χ3v) is 9.31. The number of carbonyl (C=O) groups excluding carboxylic acids is 6. The van der Waals surface area contributed by atoms with Crippen LogP contribution in [-0.4, -0.2) is 147 Å². The number of aliphatic hydroxyl groups excluding tert-OH is 2. The maximum absolute atomic E-state index is 13.9. The Hall–Kier alpha value is -5.09. The number of nitrogens with two attached hydrogens (primary N) is 3. The number of likely N-dealkylation sites (tertiary alicyclic amines) is 1. The number of carboxylic acids is 2. The lowest BCUT2D eigenvalue weighted by Gasteiger charge is -2.32. The van der Waals surface area contributed by atoms with Crippen molar-refractivity contribution in [2.75, 3.05) is 19.7 Å². The molecule has 9 atom stereocenters. The van der Waals surface area contributed by atoms with Crippen LogP contribution in [0.15, 0.2) is 4.99 Å². The summed E-state index contributed by atoms with van der Waals surface area (Å²) in [6, 6.07) is -9.50. The van der Waals surface area contributed by atoms with E-state index in [1.165, 1.54) is 6.92 Å². The fraction of sp³-hybridized carbons (Fsp3) is 0.735. The van der Waals surface area contributed by atoms with Gasteiger partial charge in [-0.1, -0.05) is 34.1 Å². The minimum atomic E-state index is -1.63. The zero-order valence-corrected chi connectivity index (χ0v) is 32.5. The van der Waals surface area contributed by atoms with Gasteiger partial charge in [0.1, 0.15) is 36.3 Å². The number of aliphatic carboxylic acids is 2.